The molecule has 0 aliphatic heterocycles. The van der Waals surface area contributed by atoms with Crippen molar-refractivity contribution in [2.45, 2.75) is 18.5 Å². The monoisotopic (exact) mass is 298 g/mol. The first-order valence-electron chi connectivity index (χ1n) is 6.96. The number of carbonyl (C=O) groups is 2. The number of nitrogens with two attached hydrogens (primary N) is 1. The Balaban J connectivity index is 2.14. The number of rotatable bonds is 6. The lowest BCUT2D eigenvalue weighted by Gasteiger charge is -2.22. The number of nitrogens with one attached hydrogen (secondary N) is 1. The van der Waals surface area contributed by atoms with Gasteiger partial charge in [0.05, 0.1) is 6.04 Å². The number of amides is 1. The Morgan fingerprint density at radius 1 is 1.00 bits per heavy atom. The average Bonchev–Trinajstić information content (AvgIpc) is 2.55. The molecule has 114 valence electrons. The lowest BCUT2D eigenvalue weighted by Crippen LogP contribution is -2.52. The van der Waals surface area contributed by atoms with Gasteiger partial charge in [0.25, 0.3) is 5.91 Å². The van der Waals surface area contributed by atoms with E-state index in [0.29, 0.717) is 12.0 Å². The van der Waals surface area contributed by atoms with Gasteiger partial charge < -0.3 is 16.2 Å². The molecule has 2 unspecified atom stereocenters. The lowest BCUT2D eigenvalue weighted by atomic mass is 9.99. The van der Waals surface area contributed by atoms with Crippen LogP contribution in [-0.2, 0) is 11.2 Å². The minimum absolute atomic E-state index is 0.335. The van der Waals surface area contributed by atoms with Crippen LogP contribution in [0.5, 0.6) is 0 Å². The van der Waals surface area contributed by atoms with Crippen molar-refractivity contribution < 1.29 is 14.7 Å². The highest BCUT2D eigenvalue weighted by Gasteiger charge is 2.26. The van der Waals surface area contributed by atoms with Crippen LogP contribution in [-0.4, -0.2) is 29.1 Å². The average molecular weight is 298 g/mol. The van der Waals surface area contributed by atoms with Gasteiger partial charge in [0.1, 0.15) is 6.04 Å². The minimum atomic E-state index is -1.17. The van der Waals surface area contributed by atoms with Gasteiger partial charge in [-0.15, -0.1) is 0 Å². The maximum atomic E-state index is 12.2. The third-order valence-corrected chi connectivity index (χ3v) is 3.37. The Bertz CT molecular complexity index is 629. The molecule has 2 aromatic carbocycles. The van der Waals surface area contributed by atoms with E-state index in [1.165, 1.54) is 0 Å². The number of carboxylic acids is 1. The van der Waals surface area contributed by atoms with Crippen LogP contribution in [0, 0.1) is 0 Å². The molecule has 22 heavy (non-hydrogen) atoms. The molecule has 0 radical (unpaired) electrons. The zero-order valence-corrected chi connectivity index (χ0v) is 12.0. The normalized spacial score (nSPS) is 13.1. The summed E-state index contributed by atoms with van der Waals surface area (Å²) in [6.45, 7) is 0. The highest BCUT2D eigenvalue weighted by Crippen LogP contribution is 2.07. The SMILES string of the molecule is NC(C(=O)O)C(Cc1ccccc1)NC(=O)c1ccccc1. The Hall–Kier alpha value is -2.66. The molecule has 5 nitrogen and oxygen atoms in total. The Morgan fingerprint density at radius 2 is 1.55 bits per heavy atom. The summed E-state index contributed by atoms with van der Waals surface area (Å²) in [6.07, 6.45) is 0.354. The molecule has 0 aliphatic rings. The van der Waals surface area contributed by atoms with Crippen molar-refractivity contribution >= 4 is 11.9 Å². The van der Waals surface area contributed by atoms with Crippen LogP contribution in [0.4, 0.5) is 0 Å². The van der Waals surface area contributed by atoms with Crippen LogP contribution in [0.25, 0.3) is 0 Å². The molecule has 4 N–H and O–H groups in total. The zero-order valence-electron chi connectivity index (χ0n) is 12.0. The van der Waals surface area contributed by atoms with E-state index in [1.807, 2.05) is 30.3 Å². The smallest absolute Gasteiger partial charge is 0.322 e. The number of carbonyl (C=O) groups excluding carboxylic acids is 1. The van der Waals surface area contributed by atoms with Crippen LogP contribution >= 0.6 is 0 Å². The van der Waals surface area contributed by atoms with E-state index in [0.717, 1.165) is 5.56 Å². The van der Waals surface area contributed by atoms with E-state index >= 15 is 0 Å². The van der Waals surface area contributed by atoms with Gasteiger partial charge in [-0.3, -0.25) is 9.59 Å². The molecule has 2 rings (SSSR count). The third-order valence-electron chi connectivity index (χ3n) is 3.37. The van der Waals surface area contributed by atoms with Gasteiger partial charge >= 0.3 is 5.97 Å². The summed E-state index contributed by atoms with van der Waals surface area (Å²) in [7, 11) is 0. The van der Waals surface area contributed by atoms with Crippen LogP contribution < -0.4 is 11.1 Å². The first-order chi connectivity index (χ1) is 10.6. The fourth-order valence-electron chi connectivity index (χ4n) is 2.15. The second-order valence-electron chi connectivity index (χ2n) is 5.00. The van der Waals surface area contributed by atoms with Crippen LogP contribution in [0.2, 0.25) is 0 Å². The molecule has 0 saturated carbocycles. The van der Waals surface area contributed by atoms with E-state index in [-0.39, 0.29) is 5.91 Å². The minimum Gasteiger partial charge on any atom is -0.480 e. The Kier molecular flexibility index (Phi) is 5.27. The topological polar surface area (TPSA) is 92.4 Å². The Labute approximate surface area is 128 Å². The number of carboxylic acid groups (broad SMARTS) is 1. The lowest BCUT2D eigenvalue weighted by molar-refractivity contribution is -0.139. The van der Waals surface area contributed by atoms with Gasteiger partial charge in [0, 0.05) is 5.56 Å². The van der Waals surface area contributed by atoms with E-state index in [2.05, 4.69) is 5.32 Å². The largest absolute Gasteiger partial charge is 0.480 e. The fourth-order valence-corrected chi connectivity index (χ4v) is 2.15. The summed E-state index contributed by atoms with van der Waals surface area (Å²) in [6, 6.07) is 16.1. The van der Waals surface area contributed by atoms with Crippen molar-refractivity contribution in [2.24, 2.45) is 5.73 Å². The van der Waals surface area contributed by atoms with Gasteiger partial charge in [-0.1, -0.05) is 48.5 Å². The number of hydrogen-bond donors (Lipinski definition) is 3. The van der Waals surface area contributed by atoms with E-state index in [9.17, 15) is 9.59 Å². The first kappa shape index (κ1) is 15.7. The molecular weight excluding hydrogens is 280 g/mol. The molecule has 0 spiro atoms. The number of aliphatic carboxylic acids is 1. The van der Waals surface area contributed by atoms with E-state index < -0.39 is 18.1 Å². The van der Waals surface area contributed by atoms with Crippen molar-refractivity contribution in [3.05, 3.63) is 71.8 Å². The highest BCUT2D eigenvalue weighted by molar-refractivity contribution is 5.94. The summed E-state index contributed by atoms with van der Waals surface area (Å²) in [4.78, 5) is 23.4. The summed E-state index contributed by atoms with van der Waals surface area (Å²) >= 11 is 0. The van der Waals surface area contributed by atoms with Crippen LogP contribution in [0.3, 0.4) is 0 Å². The van der Waals surface area contributed by atoms with Crippen LogP contribution in [0.15, 0.2) is 60.7 Å². The Morgan fingerprint density at radius 3 is 2.09 bits per heavy atom. The summed E-state index contributed by atoms with van der Waals surface area (Å²) < 4.78 is 0. The summed E-state index contributed by atoms with van der Waals surface area (Å²) in [5.74, 6) is -1.48. The molecule has 0 bridgehead atoms. The van der Waals surface area contributed by atoms with Crippen molar-refractivity contribution in [1.29, 1.82) is 0 Å². The summed E-state index contributed by atoms with van der Waals surface area (Å²) in [5, 5.41) is 11.9. The summed E-state index contributed by atoms with van der Waals surface area (Å²) in [5.41, 5.74) is 7.11. The predicted molar refractivity (Wildman–Crippen MR) is 83.5 cm³/mol. The van der Waals surface area contributed by atoms with Gasteiger partial charge in [-0.05, 0) is 24.1 Å². The van der Waals surface area contributed by atoms with Gasteiger partial charge in [0.2, 0.25) is 0 Å². The van der Waals surface area contributed by atoms with Crippen LogP contribution in [0.1, 0.15) is 15.9 Å². The molecule has 0 fully saturated rings. The second-order valence-corrected chi connectivity index (χ2v) is 5.00. The molecule has 0 saturated heterocycles. The van der Waals surface area contributed by atoms with E-state index in [4.69, 9.17) is 10.8 Å². The number of hydrogen-bond acceptors (Lipinski definition) is 3. The van der Waals surface area contributed by atoms with Crippen molar-refractivity contribution in [1.82, 2.24) is 5.32 Å². The standard InChI is InChI=1S/C17H18N2O3/c18-15(17(21)22)14(11-12-7-3-1-4-8-12)19-16(20)13-9-5-2-6-10-13/h1-10,14-15H,11,18H2,(H,19,20)(H,21,22). The van der Waals surface area contributed by atoms with Gasteiger partial charge in [0.15, 0.2) is 0 Å². The molecule has 5 heteroatoms. The zero-order chi connectivity index (χ0) is 15.9. The highest BCUT2D eigenvalue weighted by atomic mass is 16.4. The van der Waals surface area contributed by atoms with Crippen molar-refractivity contribution in [3.63, 3.8) is 0 Å². The molecule has 0 aliphatic carbocycles. The molecule has 0 heterocycles. The third kappa shape index (κ3) is 4.17. The maximum absolute atomic E-state index is 12.2. The fraction of sp³-hybridized carbons (Fsp3) is 0.176. The first-order valence-corrected chi connectivity index (χ1v) is 6.96. The molecular formula is C17H18N2O3. The second kappa shape index (κ2) is 7.38. The quantitative estimate of drug-likeness (QED) is 0.752. The van der Waals surface area contributed by atoms with Gasteiger partial charge in [-0.2, -0.15) is 0 Å². The van der Waals surface area contributed by atoms with Gasteiger partial charge in [-0.25, -0.2) is 0 Å². The number of benzene rings is 2. The van der Waals surface area contributed by atoms with Crippen molar-refractivity contribution in [3.8, 4) is 0 Å². The van der Waals surface area contributed by atoms with E-state index in [1.54, 1.807) is 30.3 Å². The van der Waals surface area contributed by atoms with Crippen molar-refractivity contribution in [2.75, 3.05) is 0 Å². The molecule has 2 aromatic rings. The predicted octanol–water partition coefficient (Wildman–Crippen LogP) is 1.44. The molecule has 2 atom stereocenters. The molecule has 0 aromatic heterocycles. The maximum Gasteiger partial charge on any atom is 0.322 e. The molecule has 1 amide bonds.